The van der Waals surface area contributed by atoms with Crippen molar-refractivity contribution < 1.29 is 4.79 Å². The summed E-state index contributed by atoms with van der Waals surface area (Å²) in [4.78, 5) is 11.3. The molecule has 3 nitrogen and oxygen atoms in total. The van der Waals surface area contributed by atoms with Crippen LogP contribution in [-0.4, -0.2) is 10.3 Å². The molecule has 0 radical (unpaired) electrons. The Hall–Kier alpha value is -2.55. The minimum absolute atomic E-state index is 0.403. The summed E-state index contributed by atoms with van der Waals surface area (Å²) in [7, 11) is 0. The third kappa shape index (κ3) is 1.97. The summed E-state index contributed by atoms with van der Waals surface area (Å²) in [6.45, 7) is 4.20. The molecule has 0 aliphatic rings. The first-order valence-electron chi connectivity index (χ1n) is 6.54. The Labute approximate surface area is 117 Å². The Morgan fingerprint density at radius 2 is 1.75 bits per heavy atom. The van der Waals surface area contributed by atoms with E-state index in [2.05, 4.69) is 38.1 Å². The van der Waals surface area contributed by atoms with E-state index in [0.29, 0.717) is 5.56 Å². The topological polar surface area (TPSA) is 47.5 Å². The molecule has 0 fully saturated rings. The van der Waals surface area contributed by atoms with Gasteiger partial charge in [0.05, 0.1) is 5.52 Å². The average molecular weight is 264 g/mol. The summed E-state index contributed by atoms with van der Waals surface area (Å²) in [6.07, 6.45) is 3.85. The minimum Gasteiger partial charge on any atom is -0.366 e. The molecule has 3 rings (SSSR count). The van der Waals surface area contributed by atoms with Gasteiger partial charge in [0.15, 0.2) is 0 Å². The van der Waals surface area contributed by atoms with Gasteiger partial charge in [-0.25, -0.2) is 0 Å². The number of amides is 1. The molecule has 0 atom stereocenters. The van der Waals surface area contributed by atoms with Gasteiger partial charge in [0.25, 0.3) is 0 Å². The van der Waals surface area contributed by atoms with Crippen LogP contribution >= 0.6 is 0 Å². The molecule has 3 heteroatoms. The van der Waals surface area contributed by atoms with Gasteiger partial charge in [-0.3, -0.25) is 4.79 Å². The molecule has 0 aliphatic heterocycles. The number of carbonyl (C=O) groups is 1. The molecule has 2 heterocycles. The zero-order valence-electron chi connectivity index (χ0n) is 11.6. The van der Waals surface area contributed by atoms with Gasteiger partial charge in [-0.15, -0.1) is 0 Å². The predicted molar refractivity (Wildman–Crippen MR) is 80.8 cm³/mol. The summed E-state index contributed by atoms with van der Waals surface area (Å²) < 4.78 is 2.00. The lowest BCUT2D eigenvalue weighted by atomic mass is 10.0. The van der Waals surface area contributed by atoms with E-state index < -0.39 is 5.91 Å². The maximum Gasteiger partial charge on any atom is 0.248 e. The SMILES string of the molecule is Cc1ccc(-c2ccn3ccc(C(N)=O)cc23)cc1C. The van der Waals surface area contributed by atoms with Crippen LogP contribution in [0.15, 0.2) is 48.8 Å². The van der Waals surface area contributed by atoms with Gasteiger partial charge in [-0.05, 0) is 48.7 Å². The van der Waals surface area contributed by atoms with Crippen LogP contribution in [0.5, 0.6) is 0 Å². The average Bonchev–Trinajstić information content (AvgIpc) is 2.84. The van der Waals surface area contributed by atoms with Crippen LogP contribution in [0.3, 0.4) is 0 Å². The first kappa shape index (κ1) is 12.5. The van der Waals surface area contributed by atoms with E-state index in [-0.39, 0.29) is 0 Å². The lowest BCUT2D eigenvalue weighted by molar-refractivity contribution is 0.100. The monoisotopic (exact) mass is 264 g/mol. The molecule has 100 valence electrons. The summed E-state index contributed by atoms with van der Waals surface area (Å²) in [6, 6.07) is 12.0. The number of rotatable bonds is 2. The fraction of sp³-hybridized carbons (Fsp3) is 0.118. The number of aromatic nitrogens is 1. The highest BCUT2D eigenvalue weighted by molar-refractivity contribution is 5.95. The largest absolute Gasteiger partial charge is 0.366 e. The van der Waals surface area contributed by atoms with Crippen molar-refractivity contribution in [3.63, 3.8) is 0 Å². The maximum absolute atomic E-state index is 11.3. The molecule has 0 unspecified atom stereocenters. The highest BCUT2D eigenvalue weighted by atomic mass is 16.1. The van der Waals surface area contributed by atoms with Crippen molar-refractivity contribution in [2.45, 2.75) is 13.8 Å². The standard InChI is InChI=1S/C17H16N2O/c1-11-3-4-13(9-12(11)2)15-6-8-19-7-5-14(17(18)20)10-16(15)19/h3-10H,1-2H3,(H2,18,20). The third-order valence-electron chi connectivity index (χ3n) is 3.77. The number of hydrogen-bond donors (Lipinski definition) is 1. The van der Waals surface area contributed by atoms with Crippen LogP contribution in [0.4, 0.5) is 0 Å². The molecule has 0 bridgehead atoms. The van der Waals surface area contributed by atoms with Gasteiger partial charge >= 0.3 is 0 Å². The first-order valence-corrected chi connectivity index (χ1v) is 6.54. The van der Waals surface area contributed by atoms with E-state index in [0.717, 1.165) is 16.6 Å². The fourth-order valence-electron chi connectivity index (χ4n) is 2.40. The van der Waals surface area contributed by atoms with Crippen molar-refractivity contribution in [1.82, 2.24) is 4.40 Å². The van der Waals surface area contributed by atoms with E-state index in [4.69, 9.17) is 5.73 Å². The van der Waals surface area contributed by atoms with Crippen LogP contribution in [-0.2, 0) is 0 Å². The van der Waals surface area contributed by atoms with Crippen molar-refractivity contribution in [1.29, 1.82) is 0 Å². The van der Waals surface area contributed by atoms with Crippen molar-refractivity contribution in [2.24, 2.45) is 5.73 Å². The molecule has 2 aromatic heterocycles. The maximum atomic E-state index is 11.3. The van der Waals surface area contributed by atoms with Crippen LogP contribution < -0.4 is 5.73 Å². The molecule has 20 heavy (non-hydrogen) atoms. The molecular weight excluding hydrogens is 248 g/mol. The van der Waals surface area contributed by atoms with E-state index in [1.54, 1.807) is 6.07 Å². The quantitative estimate of drug-likeness (QED) is 0.758. The van der Waals surface area contributed by atoms with E-state index in [1.807, 2.05) is 22.9 Å². The number of aryl methyl sites for hydroxylation is 2. The molecule has 0 saturated carbocycles. The fourth-order valence-corrected chi connectivity index (χ4v) is 2.40. The number of carbonyl (C=O) groups excluding carboxylic acids is 1. The van der Waals surface area contributed by atoms with Gasteiger partial charge in [-0.2, -0.15) is 0 Å². The van der Waals surface area contributed by atoms with Gasteiger partial charge < -0.3 is 10.1 Å². The second kappa shape index (κ2) is 4.53. The van der Waals surface area contributed by atoms with Crippen molar-refractivity contribution in [3.8, 4) is 11.1 Å². The number of hydrogen-bond acceptors (Lipinski definition) is 1. The number of pyridine rings is 1. The second-order valence-electron chi connectivity index (χ2n) is 5.10. The predicted octanol–water partition coefficient (Wildman–Crippen LogP) is 3.32. The summed E-state index contributed by atoms with van der Waals surface area (Å²) in [5.74, 6) is -0.403. The number of benzene rings is 1. The van der Waals surface area contributed by atoms with E-state index >= 15 is 0 Å². The Kier molecular flexibility index (Phi) is 2.83. The smallest absolute Gasteiger partial charge is 0.248 e. The van der Waals surface area contributed by atoms with Crippen LogP contribution in [0, 0.1) is 13.8 Å². The summed E-state index contributed by atoms with van der Waals surface area (Å²) in [5.41, 5.74) is 11.7. The van der Waals surface area contributed by atoms with E-state index in [1.165, 1.54) is 11.1 Å². The number of nitrogens with two attached hydrogens (primary N) is 1. The van der Waals surface area contributed by atoms with E-state index in [9.17, 15) is 4.79 Å². The zero-order valence-corrected chi connectivity index (χ0v) is 11.6. The Morgan fingerprint density at radius 3 is 2.45 bits per heavy atom. The number of fused-ring (bicyclic) bond motifs is 1. The molecule has 1 aromatic carbocycles. The minimum atomic E-state index is -0.403. The summed E-state index contributed by atoms with van der Waals surface area (Å²) in [5, 5.41) is 0. The lowest BCUT2D eigenvalue weighted by Gasteiger charge is -2.06. The molecule has 0 saturated heterocycles. The van der Waals surface area contributed by atoms with Gasteiger partial charge in [0, 0.05) is 23.5 Å². The number of nitrogens with zero attached hydrogens (tertiary/aromatic N) is 1. The van der Waals surface area contributed by atoms with Crippen LogP contribution in [0.1, 0.15) is 21.5 Å². The second-order valence-corrected chi connectivity index (χ2v) is 5.10. The molecule has 3 aromatic rings. The number of primary amides is 1. The van der Waals surface area contributed by atoms with Crippen molar-refractivity contribution in [3.05, 3.63) is 65.5 Å². The molecule has 2 N–H and O–H groups in total. The molecule has 1 amide bonds. The summed E-state index contributed by atoms with van der Waals surface area (Å²) >= 11 is 0. The Bertz CT molecular complexity index is 815. The molecule has 0 spiro atoms. The van der Waals surface area contributed by atoms with Crippen LogP contribution in [0.2, 0.25) is 0 Å². The van der Waals surface area contributed by atoms with Crippen molar-refractivity contribution >= 4 is 11.4 Å². The normalized spacial score (nSPS) is 10.9. The Balaban J connectivity index is 2.22. The lowest BCUT2D eigenvalue weighted by Crippen LogP contribution is -2.10. The highest BCUT2D eigenvalue weighted by Gasteiger charge is 2.08. The third-order valence-corrected chi connectivity index (χ3v) is 3.77. The van der Waals surface area contributed by atoms with Crippen LogP contribution in [0.25, 0.3) is 16.6 Å². The van der Waals surface area contributed by atoms with Gasteiger partial charge in [0.1, 0.15) is 0 Å². The zero-order chi connectivity index (χ0) is 14.3. The first-order chi connectivity index (χ1) is 9.56. The highest BCUT2D eigenvalue weighted by Crippen LogP contribution is 2.28. The molecular formula is C17H16N2O. The van der Waals surface area contributed by atoms with Gasteiger partial charge in [-0.1, -0.05) is 18.2 Å². The Morgan fingerprint density at radius 1 is 1.00 bits per heavy atom. The van der Waals surface area contributed by atoms with Crippen molar-refractivity contribution in [2.75, 3.05) is 0 Å². The molecule has 0 aliphatic carbocycles. The van der Waals surface area contributed by atoms with Gasteiger partial charge in [0.2, 0.25) is 5.91 Å².